The normalized spacial score (nSPS) is 11.2. The number of hydrogen-bond donors (Lipinski definition) is 2. The zero-order chi connectivity index (χ0) is 14.0. The van der Waals surface area contributed by atoms with Gasteiger partial charge in [-0.15, -0.1) is 6.58 Å². The van der Waals surface area contributed by atoms with Gasteiger partial charge in [-0.2, -0.15) is 0 Å². The van der Waals surface area contributed by atoms with E-state index in [1.54, 1.807) is 0 Å². The van der Waals surface area contributed by atoms with Crippen molar-refractivity contribution < 1.29 is 24.0 Å². The molecule has 2 N–H and O–H groups in total. The maximum Gasteiger partial charge on any atom is 0.306 e. The minimum absolute atomic E-state index is 0.0327. The van der Waals surface area contributed by atoms with Crippen LogP contribution in [0.25, 0.3) is 0 Å². The molecule has 0 radical (unpaired) electrons. The molecule has 0 aromatic rings. The van der Waals surface area contributed by atoms with Crippen LogP contribution in [0, 0.1) is 0 Å². The summed E-state index contributed by atoms with van der Waals surface area (Å²) in [5.41, 5.74) is 2.12. The second kappa shape index (κ2) is 9.17. The molecule has 0 aromatic carbocycles. The summed E-state index contributed by atoms with van der Waals surface area (Å²) >= 11 is 0. The fourth-order valence-corrected chi connectivity index (χ4v) is 1.15. The summed E-state index contributed by atoms with van der Waals surface area (Å²) in [6, 6.07) is -0.771. The van der Waals surface area contributed by atoms with Crippen molar-refractivity contribution in [3.8, 4) is 0 Å². The third kappa shape index (κ3) is 6.64. The summed E-state index contributed by atoms with van der Waals surface area (Å²) in [6.45, 7) is 3.49. The van der Waals surface area contributed by atoms with Gasteiger partial charge in [-0.05, 0) is 6.42 Å². The van der Waals surface area contributed by atoms with Gasteiger partial charge in [-0.1, -0.05) is 6.08 Å². The standard InChI is InChI=1S/C11H18N2O5/c1-4-5-8(11(16)13-18-3)12-9(14)6-7-10(15)17-2/h4,8H,1,5-7H2,2-3H3,(H,12,14)(H,13,16). The molecule has 0 spiro atoms. The van der Waals surface area contributed by atoms with E-state index in [0.29, 0.717) is 0 Å². The molecular weight excluding hydrogens is 240 g/mol. The van der Waals surface area contributed by atoms with Crippen molar-refractivity contribution in [2.75, 3.05) is 14.2 Å². The van der Waals surface area contributed by atoms with Gasteiger partial charge in [0.25, 0.3) is 5.91 Å². The van der Waals surface area contributed by atoms with Crippen LogP contribution in [0.4, 0.5) is 0 Å². The number of carbonyl (C=O) groups excluding carboxylic acids is 3. The van der Waals surface area contributed by atoms with E-state index in [9.17, 15) is 14.4 Å². The van der Waals surface area contributed by atoms with E-state index in [-0.39, 0.29) is 19.3 Å². The Morgan fingerprint density at radius 2 is 1.94 bits per heavy atom. The minimum Gasteiger partial charge on any atom is -0.469 e. The number of ether oxygens (including phenoxy) is 1. The molecule has 0 heterocycles. The average molecular weight is 258 g/mol. The van der Waals surface area contributed by atoms with E-state index < -0.39 is 23.8 Å². The quantitative estimate of drug-likeness (QED) is 0.353. The summed E-state index contributed by atoms with van der Waals surface area (Å²) in [5, 5.41) is 2.47. The van der Waals surface area contributed by atoms with E-state index in [2.05, 4.69) is 27.0 Å². The molecule has 0 aliphatic heterocycles. The van der Waals surface area contributed by atoms with E-state index >= 15 is 0 Å². The number of amides is 2. The van der Waals surface area contributed by atoms with Crippen LogP contribution in [-0.2, 0) is 24.0 Å². The Morgan fingerprint density at radius 3 is 2.44 bits per heavy atom. The van der Waals surface area contributed by atoms with Gasteiger partial charge in [-0.3, -0.25) is 19.2 Å². The molecule has 0 aliphatic carbocycles. The van der Waals surface area contributed by atoms with Gasteiger partial charge < -0.3 is 10.1 Å². The number of nitrogens with one attached hydrogen (secondary N) is 2. The zero-order valence-electron chi connectivity index (χ0n) is 10.5. The van der Waals surface area contributed by atoms with Crippen molar-refractivity contribution in [3.05, 3.63) is 12.7 Å². The molecule has 0 fully saturated rings. The molecule has 0 aromatic heterocycles. The first-order valence-corrected chi connectivity index (χ1v) is 5.35. The average Bonchev–Trinajstić information content (AvgIpc) is 2.35. The summed E-state index contributed by atoms with van der Waals surface area (Å²) in [7, 11) is 2.54. The van der Waals surface area contributed by atoms with E-state index in [4.69, 9.17) is 0 Å². The first kappa shape index (κ1) is 16.1. The molecule has 0 saturated carbocycles. The van der Waals surface area contributed by atoms with E-state index in [1.165, 1.54) is 20.3 Å². The van der Waals surface area contributed by atoms with Gasteiger partial charge in [0.1, 0.15) is 6.04 Å². The highest BCUT2D eigenvalue weighted by atomic mass is 16.6. The molecule has 0 saturated heterocycles. The number of rotatable bonds is 8. The van der Waals surface area contributed by atoms with E-state index in [0.717, 1.165) is 0 Å². The number of esters is 1. The van der Waals surface area contributed by atoms with Crippen LogP contribution >= 0.6 is 0 Å². The van der Waals surface area contributed by atoms with Crippen molar-refractivity contribution in [1.82, 2.24) is 10.8 Å². The van der Waals surface area contributed by atoms with Gasteiger partial charge in [0.05, 0.1) is 20.6 Å². The third-order valence-electron chi connectivity index (χ3n) is 2.04. The lowest BCUT2D eigenvalue weighted by Gasteiger charge is -2.15. The largest absolute Gasteiger partial charge is 0.469 e. The second-order valence-corrected chi connectivity index (χ2v) is 3.39. The third-order valence-corrected chi connectivity index (χ3v) is 2.04. The van der Waals surface area contributed by atoms with Crippen molar-refractivity contribution in [1.29, 1.82) is 0 Å². The van der Waals surface area contributed by atoms with Crippen LogP contribution in [0.15, 0.2) is 12.7 Å². The lowest BCUT2D eigenvalue weighted by Crippen LogP contribution is -2.46. The summed E-state index contributed by atoms with van der Waals surface area (Å²) in [4.78, 5) is 38.3. The second-order valence-electron chi connectivity index (χ2n) is 3.39. The number of hydrogen-bond acceptors (Lipinski definition) is 5. The molecule has 0 aliphatic rings. The van der Waals surface area contributed by atoms with Gasteiger partial charge in [0.2, 0.25) is 5.91 Å². The van der Waals surface area contributed by atoms with Crippen molar-refractivity contribution in [2.45, 2.75) is 25.3 Å². The van der Waals surface area contributed by atoms with Crippen LogP contribution in [-0.4, -0.2) is 38.0 Å². The zero-order valence-corrected chi connectivity index (χ0v) is 10.5. The molecule has 1 atom stereocenters. The van der Waals surface area contributed by atoms with Crippen molar-refractivity contribution in [2.24, 2.45) is 0 Å². The molecule has 2 amide bonds. The molecule has 102 valence electrons. The highest BCUT2D eigenvalue weighted by Gasteiger charge is 2.19. The fraction of sp³-hybridized carbons (Fsp3) is 0.545. The maximum atomic E-state index is 11.5. The van der Waals surface area contributed by atoms with Crippen LogP contribution < -0.4 is 10.8 Å². The summed E-state index contributed by atoms with van der Waals surface area (Å²) in [5.74, 6) is -1.38. The number of carbonyl (C=O) groups is 3. The predicted molar refractivity (Wildman–Crippen MR) is 63.1 cm³/mol. The molecular formula is C11H18N2O5. The highest BCUT2D eigenvalue weighted by Crippen LogP contribution is 1.97. The lowest BCUT2D eigenvalue weighted by molar-refractivity contribution is -0.142. The van der Waals surface area contributed by atoms with E-state index in [1.807, 2.05) is 0 Å². The van der Waals surface area contributed by atoms with Gasteiger partial charge in [0, 0.05) is 6.42 Å². The summed E-state index contributed by atoms with van der Waals surface area (Å²) < 4.78 is 4.40. The molecule has 7 heteroatoms. The Balaban J connectivity index is 4.22. The Morgan fingerprint density at radius 1 is 1.28 bits per heavy atom. The van der Waals surface area contributed by atoms with Gasteiger partial charge in [0.15, 0.2) is 0 Å². The van der Waals surface area contributed by atoms with Crippen molar-refractivity contribution in [3.63, 3.8) is 0 Å². The first-order valence-electron chi connectivity index (χ1n) is 5.35. The van der Waals surface area contributed by atoms with Crippen LogP contribution in [0.3, 0.4) is 0 Å². The Bertz CT molecular complexity index is 317. The highest BCUT2D eigenvalue weighted by molar-refractivity contribution is 5.88. The number of hydroxylamine groups is 1. The molecule has 0 bridgehead atoms. The molecule has 7 nitrogen and oxygen atoms in total. The monoisotopic (exact) mass is 258 g/mol. The molecule has 0 rings (SSSR count). The van der Waals surface area contributed by atoms with Gasteiger partial charge >= 0.3 is 5.97 Å². The molecule has 1 unspecified atom stereocenters. The Hall–Kier alpha value is -1.89. The predicted octanol–water partition coefficient (Wildman–Crippen LogP) is -0.322. The minimum atomic E-state index is -0.771. The van der Waals surface area contributed by atoms with Crippen LogP contribution in [0.2, 0.25) is 0 Å². The Labute approximate surface area is 105 Å². The van der Waals surface area contributed by atoms with Gasteiger partial charge in [-0.25, -0.2) is 5.48 Å². The first-order chi connectivity index (χ1) is 8.54. The topological polar surface area (TPSA) is 93.7 Å². The lowest BCUT2D eigenvalue weighted by atomic mass is 10.2. The Kier molecular flexibility index (Phi) is 8.21. The van der Waals surface area contributed by atoms with Crippen molar-refractivity contribution >= 4 is 17.8 Å². The molecule has 18 heavy (non-hydrogen) atoms. The maximum absolute atomic E-state index is 11.5. The number of methoxy groups -OCH3 is 1. The van der Waals surface area contributed by atoms with Crippen LogP contribution in [0.5, 0.6) is 0 Å². The van der Waals surface area contributed by atoms with Crippen LogP contribution in [0.1, 0.15) is 19.3 Å². The SMILES string of the molecule is C=CCC(NC(=O)CCC(=O)OC)C(=O)NOC. The smallest absolute Gasteiger partial charge is 0.306 e. The summed E-state index contributed by atoms with van der Waals surface area (Å²) in [6.07, 6.45) is 1.69. The fourth-order valence-electron chi connectivity index (χ4n) is 1.15.